The molecule has 0 aromatic rings. The van der Waals surface area contributed by atoms with Gasteiger partial charge in [0, 0.05) is 18.6 Å². The van der Waals surface area contributed by atoms with Crippen molar-refractivity contribution in [3.05, 3.63) is 12.2 Å². The molecule has 0 radical (unpaired) electrons. The van der Waals surface area contributed by atoms with Gasteiger partial charge in [-0.3, -0.25) is 0 Å². The van der Waals surface area contributed by atoms with E-state index in [0.29, 0.717) is 23.9 Å². The summed E-state index contributed by atoms with van der Waals surface area (Å²) in [6, 6.07) is 0. The van der Waals surface area contributed by atoms with Gasteiger partial charge in [-0.15, -0.1) is 0 Å². The summed E-state index contributed by atoms with van der Waals surface area (Å²) in [5.41, 5.74) is 1.27. The second-order valence-corrected chi connectivity index (χ2v) is 12.8. The summed E-state index contributed by atoms with van der Waals surface area (Å²) >= 11 is 0. The predicted molar refractivity (Wildman–Crippen MR) is 82.6 cm³/mol. The normalized spacial score (nSPS) is 35.8. The topological polar surface area (TPSA) is 29.5 Å². The first kappa shape index (κ1) is 15.3. The Bertz CT molecular complexity index is 356. The van der Waals surface area contributed by atoms with Gasteiger partial charge in [0.1, 0.15) is 0 Å². The van der Waals surface area contributed by atoms with Crippen molar-refractivity contribution in [2.75, 3.05) is 6.61 Å². The first-order valence-corrected chi connectivity index (χ1v) is 10.5. The monoisotopic (exact) mass is 282 g/mol. The fourth-order valence-corrected chi connectivity index (χ4v) is 4.96. The summed E-state index contributed by atoms with van der Waals surface area (Å²) in [4.78, 5) is 0. The van der Waals surface area contributed by atoms with E-state index in [1.807, 2.05) is 0 Å². The van der Waals surface area contributed by atoms with E-state index < -0.39 is 8.32 Å². The smallest absolute Gasteiger partial charge is 0.192 e. The first-order chi connectivity index (χ1) is 8.65. The highest BCUT2D eigenvalue weighted by molar-refractivity contribution is 6.74. The summed E-state index contributed by atoms with van der Waals surface area (Å²) in [6.07, 6.45) is 3.82. The second-order valence-electron chi connectivity index (χ2n) is 8.05. The van der Waals surface area contributed by atoms with E-state index in [1.54, 1.807) is 0 Å². The minimum Gasteiger partial charge on any atom is -0.414 e. The zero-order chi connectivity index (χ0) is 14.4. The Labute approximate surface area is 119 Å². The maximum absolute atomic E-state index is 9.54. The van der Waals surface area contributed by atoms with Crippen molar-refractivity contribution >= 4 is 8.32 Å². The fourth-order valence-electron chi connectivity index (χ4n) is 3.58. The lowest BCUT2D eigenvalue weighted by atomic mass is 9.92. The van der Waals surface area contributed by atoms with Crippen LogP contribution in [-0.2, 0) is 4.43 Å². The molecule has 1 unspecified atom stereocenters. The molecule has 0 aromatic heterocycles. The fraction of sp³-hybridized carbons (Fsp3) is 0.875. The Morgan fingerprint density at radius 1 is 1.32 bits per heavy atom. The van der Waals surface area contributed by atoms with E-state index in [2.05, 4.69) is 40.4 Å². The summed E-state index contributed by atoms with van der Waals surface area (Å²) in [5.74, 6) is 1.66. The molecule has 2 rings (SSSR count). The third-order valence-electron chi connectivity index (χ3n) is 5.74. The van der Waals surface area contributed by atoms with Crippen LogP contribution in [0.5, 0.6) is 0 Å². The van der Waals surface area contributed by atoms with Crippen LogP contribution < -0.4 is 0 Å². The van der Waals surface area contributed by atoms with Crippen LogP contribution in [-0.4, -0.2) is 26.1 Å². The van der Waals surface area contributed by atoms with Crippen molar-refractivity contribution in [2.24, 2.45) is 17.8 Å². The van der Waals surface area contributed by atoms with E-state index in [0.717, 1.165) is 12.8 Å². The van der Waals surface area contributed by atoms with E-state index in [9.17, 15) is 5.11 Å². The molecular weight excluding hydrogens is 252 g/mol. The maximum atomic E-state index is 9.54. The lowest BCUT2D eigenvalue weighted by Gasteiger charge is -2.38. The molecule has 3 heteroatoms. The van der Waals surface area contributed by atoms with Crippen LogP contribution in [0.3, 0.4) is 0 Å². The molecule has 2 nitrogen and oxygen atoms in total. The van der Waals surface area contributed by atoms with Crippen molar-refractivity contribution in [2.45, 2.75) is 64.3 Å². The largest absolute Gasteiger partial charge is 0.414 e. The second kappa shape index (κ2) is 5.01. The molecule has 19 heavy (non-hydrogen) atoms. The van der Waals surface area contributed by atoms with Crippen molar-refractivity contribution in [1.29, 1.82) is 0 Å². The van der Waals surface area contributed by atoms with Crippen LogP contribution in [0, 0.1) is 17.8 Å². The Morgan fingerprint density at radius 3 is 2.47 bits per heavy atom. The Hall–Kier alpha value is -0.123. The Balaban J connectivity index is 1.99. The lowest BCUT2D eigenvalue weighted by Crippen LogP contribution is -2.43. The van der Waals surface area contributed by atoms with Gasteiger partial charge >= 0.3 is 0 Å². The van der Waals surface area contributed by atoms with Crippen LogP contribution >= 0.6 is 0 Å². The standard InChI is InChI=1S/C16H30O2Si/c1-11-7-12-8-13(9-14(12)15(11)10-17)18-19(5,6)16(2,3)4/h12-15,17H,1,7-10H2,2-6H3/t12-,13+,14+,15?/m1/s1. The third kappa shape index (κ3) is 2.83. The quantitative estimate of drug-likeness (QED) is 0.627. The Morgan fingerprint density at radius 2 is 1.95 bits per heavy atom. The Kier molecular flexibility index (Phi) is 4.03. The molecule has 0 spiro atoms. The average molecular weight is 282 g/mol. The summed E-state index contributed by atoms with van der Waals surface area (Å²) < 4.78 is 6.56. The summed E-state index contributed by atoms with van der Waals surface area (Å²) in [5, 5.41) is 9.82. The van der Waals surface area contributed by atoms with E-state index in [4.69, 9.17) is 4.43 Å². The first-order valence-electron chi connectivity index (χ1n) is 7.62. The van der Waals surface area contributed by atoms with E-state index in [1.165, 1.54) is 12.0 Å². The van der Waals surface area contributed by atoms with Gasteiger partial charge < -0.3 is 9.53 Å². The average Bonchev–Trinajstić information content (AvgIpc) is 2.71. The maximum Gasteiger partial charge on any atom is 0.192 e. The summed E-state index contributed by atoms with van der Waals surface area (Å²) in [6.45, 7) is 16.0. The summed E-state index contributed by atoms with van der Waals surface area (Å²) in [7, 11) is -1.65. The molecule has 0 aliphatic heterocycles. The number of aliphatic hydroxyl groups excluding tert-OH is 1. The van der Waals surface area contributed by atoms with Gasteiger partial charge in [0.25, 0.3) is 0 Å². The molecule has 2 saturated carbocycles. The number of hydrogen-bond donors (Lipinski definition) is 1. The van der Waals surface area contributed by atoms with Gasteiger partial charge in [-0.05, 0) is 49.2 Å². The number of rotatable bonds is 3. The highest BCUT2D eigenvalue weighted by Crippen LogP contribution is 2.51. The van der Waals surface area contributed by atoms with E-state index in [-0.39, 0.29) is 11.6 Å². The molecule has 2 aliphatic rings. The molecule has 2 aliphatic carbocycles. The van der Waals surface area contributed by atoms with Crippen LogP contribution in [0.2, 0.25) is 18.1 Å². The number of aliphatic hydroxyl groups is 1. The van der Waals surface area contributed by atoms with Crippen LogP contribution in [0.15, 0.2) is 12.2 Å². The zero-order valence-electron chi connectivity index (χ0n) is 13.2. The molecule has 0 aromatic carbocycles. The minimum absolute atomic E-state index is 0.271. The molecule has 1 N–H and O–H groups in total. The van der Waals surface area contributed by atoms with Crippen molar-refractivity contribution in [1.82, 2.24) is 0 Å². The highest BCUT2D eigenvalue weighted by atomic mass is 28.4. The molecule has 0 bridgehead atoms. The van der Waals surface area contributed by atoms with Gasteiger partial charge in [0.15, 0.2) is 8.32 Å². The molecule has 110 valence electrons. The molecule has 2 fully saturated rings. The third-order valence-corrected chi connectivity index (χ3v) is 10.3. The SMILES string of the molecule is C=C1C[C@@H]2C[C@H](O[Si](C)(C)C(C)(C)C)C[C@@H]2C1CO. The predicted octanol–water partition coefficient (Wildman–Crippen LogP) is 3.97. The van der Waals surface area contributed by atoms with Crippen molar-refractivity contribution in [3.8, 4) is 0 Å². The molecule has 0 amide bonds. The van der Waals surface area contributed by atoms with Gasteiger partial charge in [-0.2, -0.15) is 0 Å². The number of hydrogen-bond acceptors (Lipinski definition) is 2. The number of fused-ring (bicyclic) bond motifs is 1. The zero-order valence-corrected chi connectivity index (χ0v) is 14.2. The van der Waals surface area contributed by atoms with Crippen LogP contribution in [0.25, 0.3) is 0 Å². The molecular formula is C16H30O2Si. The van der Waals surface area contributed by atoms with Crippen LogP contribution in [0.4, 0.5) is 0 Å². The molecule has 0 heterocycles. The van der Waals surface area contributed by atoms with Gasteiger partial charge in [0.2, 0.25) is 0 Å². The molecule has 0 saturated heterocycles. The van der Waals surface area contributed by atoms with Crippen LogP contribution in [0.1, 0.15) is 40.0 Å². The van der Waals surface area contributed by atoms with Crippen molar-refractivity contribution in [3.63, 3.8) is 0 Å². The molecule has 4 atom stereocenters. The lowest BCUT2D eigenvalue weighted by molar-refractivity contribution is 0.165. The van der Waals surface area contributed by atoms with Gasteiger partial charge in [-0.1, -0.05) is 32.9 Å². The van der Waals surface area contributed by atoms with Crippen molar-refractivity contribution < 1.29 is 9.53 Å². The van der Waals surface area contributed by atoms with Gasteiger partial charge in [-0.25, -0.2) is 0 Å². The van der Waals surface area contributed by atoms with E-state index >= 15 is 0 Å². The minimum atomic E-state index is -1.65. The van der Waals surface area contributed by atoms with Gasteiger partial charge in [0.05, 0.1) is 0 Å². The highest BCUT2D eigenvalue weighted by Gasteiger charge is 2.48.